The van der Waals surface area contributed by atoms with E-state index in [4.69, 9.17) is 11.6 Å². The number of piperidine rings is 1. The number of anilines is 1. The number of benzene rings is 2. The lowest BCUT2D eigenvalue weighted by Crippen LogP contribution is -2.35. The van der Waals surface area contributed by atoms with Crippen molar-refractivity contribution in [3.8, 4) is 0 Å². The van der Waals surface area contributed by atoms with Gasteiger partial charge < -0.3 is 5.32 Å². The predicted octanol–water partition coefficient (Wildman–Crippen LogP) is 6.85. The number of likely N-dealkylation sites (tertiary alicyclic amines) is 1. The van der Waals surface area contributed by atoms with Crippen LogP contribution in [0, 0.1) is 13.8 Å². The average molecular weight is 439 g/mol. The van der Waals surface area contributed by atoms with Crippen molar-refractivity contribution in [2.45, 2.75) is 39.2 Å². The van der Waals surface area contributed by atoms with E-state index in [2.05, 4.69) is 36.2 Å². The molecule has 0 spiro atoms. The van der Waals surface area contributed by atoms with Crippen LogP contribution in [0.2, 0.25) is 5.02 Å². The highest BCUT2D eigenvalue weighted by atomic mass is 35.5. The van der Waals surface area contributed by atoms with Crippen LogP contribution < -0.4 is 5.32 Å². The number of halogens is 1. The van der Waals surface area contributed by atoms with E-state index >= 15 is 0 Å². The van der Waals surface area contributed by atoms with Crippen LogP contribution in [0.4, 0.5) is 5.00 Å². The maximum atomic E-state index is 12.9. The molecule has 1 aromatic heterocycles. The molecule has 1 N–H and O–H groups in total. The fourth-order valence-electron chi connectivity index (χ4n) is 4.24. The molecule has 1 fully saturated rings. The smallest absolute Gasteiger partial charge is 0.256 e. The van der Waals surface area contributed by atoms with Crippen LogP contribution in [0.25, 0.3) is 0 Å². The third-order valence-corrected chi connectivity index (χ3v) is 7.26. The molecule has 0 unspecified atom stereocenters. The SMILES string of the molecule is Cc1sc(NC(=O)c2ccccc2)c([C@@H](c2cccc(Cl)c2)N2CCCCC2)c1C. The molecule has 30 heavy (non-hydrogen) atoms. The largest absolute Gasteiger partial charge is 0.313 e. The molecule has 4 rings (SSSR count). The van der Waals surface area contributed by atoms with Crippen LogP contribution in [0.15, 0.2) is 54.6 Å². The van der Waals surface area contributed by atoms with Crippen LogP contribution in [-0.2, 0) is 0 Å². The Balaban J connectivity index is 1.77. The normalized spacial score (nSPS) is 15.7. The van der Waals surface area contributed by atoms with Gasteiger partial charge in [0.1, 0.15) is 5.00 Å². The Bertz CT molecular complexity index is 1020. The van der Waals surface area contributed by atoms with Crippen LogP contribution >= 0.6 is 22.9 Å². The highest BCUT2D eigenvalue weighted by Crippen LogP contribution is 2.43. The van der Waals surface area contributed by atoms with Crippen LogP contribution in [0.3, 0.4) is 0 Å². The van der Waals surface area contributed by atoms with Gasteiger partial charge in [0.25, 0.3) is 5.91 Å². The summed E-state index contributed by atoms with van der Waals surface area (Å²) in [6, 6.07) is 17.6. The quantitative estimate of drug-likeness (QED) is 0.472. The molecule has 0 radical (unpaired) electrons. The summed E-state index contributed by atoms with van der Waals surface area (Å²) < 4.78 is 0. The van der Waals surface area contributed by atoms with E-state index in [1.54, 1.807) is 11.3 Å². The van der Waals surface area contributed by atoms with Gasteiger partial charge in [-0.2, -0.15) is 0 Å². The fraction of sp³-hybridized carbons (Fsp3) is 0.320. The molecule has 1 saturated heterocycles. The van der Waals surface area contributed by atoms with Crippen LogP contribution in [-0.4, -0.2) is 23.9 Å². The zero-order chi connectivity index (χ0) is 21.1. The summed E-state index contributed by atoms with van der Waals surface area (Å²) in [6.45, 7) is 6.41. The number of aryl methyl sites for hydroxylation is 1. The van der Waals surface area contributed by atoms with E-state index < -0.39 is 0 Å². The van der Waals surface area contributed by atoms with Gasteiger partial charge in [-0.3, -0.25) is 9.69 Å². The molecule has 3 aromatic rings. The minimum Gasteiger partial charge on any atom is -0.313 e. The molecule has 5 heteroatoms. The minimum atomic E-state index is -0.0680. The average Bonchev–Trinajstić information content (AvgIpc) is 3.03. The fourth-order valence-corrected chi connectivity index (χ4v) is 5.53. The first-order valence-electron chi connectivity index (χ1n) is 10.5. The zero-order valence-corrected chi connectivity index (χ0v) is 19.0. The molecule has 1 atom stereocenters. The number of nitrogens with one attached hydrogen (secondary N) is 1. The number of rotatable bonds is 5. The van der Waals surface area contributed by atoms with Gasteiger partial charge in [-0.05, 0) is 75.2 Å². The van der Waals surface area contributed by atoms with Crippen molar-refractivity contribution in [1.82, 2.24) is 4.90 Å². The second-order valence-electron chi connectivity index (χ2n) is 7.90. The summed E-state index contributed by atoms with van der Waals surface area (Å²) >= 11 is 8.04. The zero-order valence-electron chi connectivity index (χ0n) is 17.5. The molecule has 0 saturated carbocycles. The third kappa shape index (κ3) is 4.46. The van der Waals surface area contributed by atoms with Crippen molar-refractivity contribution >= 4 is 33.8 Å². The van der Waals surface area contributed by atoms with E-state index in [1.807, 2.05) is 42.5 Å². The highest BCUT2D eigenvalue weighted by Gasteiger charge is 2.30. The maximum absolute atomic E-state index is 12.9. The Kier molecular flexibility index (Phi) is 6.57. The molecule has 0 bridgehead atoms. The first-order chi connectivity index (χ1) is 14.5. The van der Waals surface area contributed by atoms with E-state index in [1.165, 1.54) is 40.8 Å². The topological polar surface area (TPSA) is 32.3 Å². The van der Waals surface area contributed by atoms with Gasteiger partial charge >= 0.3 is 0 Å². The molecule has 1 amide bonds. The molecule has 1 aliphatic rings. The summed E-state index contributed by atoms with van der Waals surface area (Å²) in [5.74, 6) is -0.0680. The lowest BCUT2D eigenvalue weighted by molar-refractivity contribution is 0.102. The number of hydrogen-bond donors (Lipinski definition) is 1. The van der Waals surface area contributed by atoms with E-state index in [0.717, 1.165) is 23.1 Å². The summed E-state index contributed by atoms with van der Waals surface area (Å²) in [5, 5.41) is 4.90. The molecule has 2 aromatic carbocycles. The summed E-state index contributed by atoms with van der Waals surface area (Å²) in [5.41, 5.74) is 4.30. The van der Waals surface area contributed by atoms with Crippen molar-refractivity contribution in [2.75, 3.05) is 18.4 Å². The Morgan fingerprint density at radius 3 is 2.47 bits per heavy atom. The van der Waals surface area contributed by atoms with Crippen LogP contribution in [0.1, 0.15) is 57.2 Å². The number of carbonyl (C=O) groups is 1. The predicted molar refractivity (Wildman–Crippen MR) is 127 cm³/mol. The summed E-state index contributed by atoms with van der Waals surface area (Å²) in [7, 11) is 0. The van der Waals surface area contributed by atoms with E-state index in [0.29, 0.717) is 5.56 Å². The van der Waals surface area contributed by atoms with Crippen molar-refractivity contribution in [2.24, 2.45) is 0 Å². The molecule has 2 heterocycles. The molecule has 156 valence electrons. The molecular weight excluding hydrogens is 412 g/mol. The Labute approximate surface area is 187 Å². The first-order valence-corrected chi connectivity index (χ1v) is 11.7. The summed E-state index contributed by atoms with van der Waals surface area (Å²) in [4.78, 5) is 16.7. The number of hydrogen-bond acceptors (Lipinski definition) is 3. The number of carbonyl (C=O) groups excluding carboxylic acids is 1. The molecule has 3 nitrogen and oxygen atoms in total. The third-order valence-electron chi connectivity index (χ3n) is 5.89. The Morgan fingerprint density at radius 2 is 1.77 bits per heavy atom. The highest BCUT2D eigenvalue weighted by molar-refractivity contribution is 7.16. The number of amides is 1. The van der Waals surface area contributed by atoms with Crippen LogP contribution in [0.5, 0.6) is 0 Å². The summed E-state index contributed by atoms with van der Waals surface area (Å²) in [6.07, 6.45) is 3.67. The van der Waals surface area contributed by atoms with Gasteiger partial charge in [-0.25, -0.2) is 0 Å². The molecule has 1 aliphatic heterocycles. The van der Waals surface area contributed by atoms with Gasteiger partial charge in [0, 0.05) is 21.0 Å². The van der Waals surface area contributed by atoms with Gasteiger partial charge in [0.05, 0.1) is 6.04 Å². The van der Waals surface area contributed by atoms with E-state index in [-0.39, 0.29) is 11.9 Å². The number of thiophene rings is 1. The Hall–Kier alpha value is -2.14. The van der Waals surface area contributed by atoms with Crippen molar-refractivity contribution in [1.29, 1.82) is 0 Å². The van der Waals surface area contributed by atoms with Crippen molar-refractivity contribution in [3.63, 3.8) is 0 Å². The van der Waals surface area contributed by atoms with Gasteiger partial charge in [-0.1, -0.05) is 48.4 Å². The second-order valence-corrected chi connectivity index (χ2v) is 9.56. The lowest BCUT2D eigenvalue weighted by Gasteiger charge is -2.36. The number of nitrogens with zero attached hydrogens (tertiary/aromatic N) is 1. The van der Waals surface area contributed by atoms with Gasteiger partial charge in [0.2, 0.25) is 0 Å². The lowest BCUT2D eigenvalue weighted by atomic mass is 9.93. The maximum Gasteiger partial charge on any atom is 0.256 e. The van der Waals surface area contributed by atoms with E-state index in [9.17, 15) is 4.79 Å². The Morgan fingerprint density at radius 1 is 1.03 bits per heavy atom. The first kappa shape index (κ1) is 21.1. The minimum absolute atomic E-state index is 0.0680. The van der Waals surface area contributed by atoms with Gasteiger partial charge in [-0.15, -0.1) is 11.3 Å². The van der Waals surface area contributed by atoms with Gasteiger partial charge in [0.15, 0.2) is 0 Å². The molecule has 0 aliphatic carbocycles. The molecular formula is C25H27ClN2OS. The monoisotopic (exact) mass is 438 g/mol. The standard InChI is InChI=1S/C25H27ClN2OS/c1-17-18(2)30-25(27-24(29)19-10-5-3-6-11-19)22(17)23(28-14-7-4-8-15-28)20-12-9-13-21(26)16-20/h3,5-6,9-13,16,23H,4,7-8,14-15H2,1-2H3,(H,27,29)/t23-/m1/s1. The van der Waals surface area contributed by atoms with Crippen molar-refractivity contribution < 1.29 is 4.79 Å². The van der Waals surface area contributed by atoms with Crippen molar-refractivity contribution in [3.05, 3.63) is 86.8 Å². The second kappa shape index (κ2) is 9.34.